The number of amides is 3. The lowest BCUT2D eigenvalue weighted by Gasteiger charge is -2.14. The lowest BCUT2D eigenvalue weighted by atomic mass is 10.2. The van der Waals surface area contributed by atoms with Gasteiger partial charge in [-0.15, -0.1) is 0 Å². The average Bonchev–Trinajstić information content (AvgIpc) is 3.05. The van der Waals surface area contributed by atoms with Crippen molar-refractivity contribution in [3.8, 4) is 5.69 Å². The summed E-state index contributed by atoms with van der Waals surface area (Å²) in [7, 11) is 3.96. The number of urea groups is 1. The summed E-state index contributed by atoms with van der Waals surface area (Å²) >= 11 is 0. The number of anilines is 1. The topological polar surface area (TPSA) is 94.9 Å². The van der Waals surface area contributed by atoms with Crippen LogP contribution in [-0.2, 0) is 9.59 Å². The minimum atomic E-state index is -1.25. The van der Waals surface area contributed by atoms with Crippen LogP contribution in [0.2, 0.25) is 0 Å². The smallest absolute Gasteiger partial charge is 0.329 e. The van der Waals surface area contributed by atoms with Crippen LogP contribution in [0, 0.1) is 13.8 Å². The van der Waals surface area contributed by atoms with E-state index in [0.717, 1.165) is 28.3 Å². The highest BCUT2D eigenvalue weighted by Gasteiger charge is 2.35. The van der Waals surface area contributed by atoms with E-state index in [0.29, 0.717) is 4.90 Å². The third kappa shape index (κ3) is 3.48. The van der Waals surface area contributed by atoms with E-state index in [1.54, 1.807) is 6.08 Å². The summed E-state index contributed by atoms with van der Waals surface area (Å²) < 4.78 is 2.06. The van der Waals surface area contributed by atoms with Crippen LogP contribution < -0.4 is 10.2 Å². The second-order valence-corrected chi connectivity index (χ2v) is 6.85. The highest BCUT2D eigenvalue weighted by Crippen LogP contribution is 2.25. The van der Waals surface area contributed by atoms with E-state index in [2.05, 4.69) is 9.88 Å². The van der Waals surface area contributed by atoms with Gasteiger partial charge in [0.25, 0.3) is 5.91 Å². The van der Waals surface area contributed by atoms with Crippen LogP contribution in [0.15, 0.2) is 36.0 Å². The predicted octanol–water partition coefficient (Wildman–Crippen LogP) is 2.14. The van der Waals surface area contributed by atoms with Crippen molar-refractivity contribution in [2.45, 2.75) is 13.8 Å². The molecule has 1 fully saturated rings. The van der Waals surface area contributed by atoms with Gasteiger partial charge in [-0.1, -0.05) is 0 Å². The molecule has 1 aromatic carbocycles. The zero-order valence-corrected chi connectivity index (χ0v) is 16.2. The maximum absolute atomic E-state index is 12.3. The molecule has 1 aliphatic heterocycles. The van der Waals surface area contributed by atoms with Gasteiger partial charge in [0.1, 0.15) is 12.2 Å². The Kier molecular flexibility index (Phi) is 4.96. The molecule has 1 aliphatic rings. The highest BCUT2D eigenvalue weighted by molar-refractivity contribution is 6.15. The molecule has 0 bridgehead atoms. The first-order valence-corrected chi connectivity index (χ1v) is 8.72. The summed E-state index contributed by atoms with van der Waals surface area (Å²) in [5, 5.41) is 11.3. The number of imide groups is 1. The molecule has 0 unspecified atom stereocenters. The quantitative estimate of drug-likeness (QED) is 0.610. The van der Waals surface area contributed by atoms with Crippen molar-refractivity contribution in [1.29, 1.82) is 0 Å². The molecule has 0 saturated carbocycles. The normalized spacial score (nSPS) is 15.3. The molecule has 2 N–H and O–H groups in total. The van der Waals surface area contributed by atoms with Crippen LogP contribution in [0.1, 0.15) is 17.0 Å². The molecule has 2 aromatic rings. The fourth-order valence-electron chi connectivity index (χ4n) is 3.24. The fraction of sp³-hybridized carbons (Fsp3) is 0.250. The van der Waals surface area contributed by atoms with E-state index in [4.69, 9.17) is 5.11 Å². The summed E-state index contributed by atoms with van der Waals surface area (Å²) in [4.78, 5) is 37.7. The number of nitrogens with one attached hydrogen (secondary N) is 1. The number of benzene rings is 1. The number of hydrogen-bond acceptors (Lipinski definition) is 4. The average molecular weight is 382 g/mol. The second kappa shape index (κ2) is 7.22. The number of carboxylic acids is 1. The Labute approximate surface area is 162 Å². The largest absolute Gasteiger partial charge is 0.480 e. The van der Waals surface area contributed by atoms with Gasteiger partial charge in [-0.2, -0.15) is 0 Å². The number of rotatable bonds is 5. The third-order valence-electron chi connectivity index (χ3n) is 4.65. The molecule has 8 nitrogen and oxygen atoms in total. The highest BCUT2D eigenvalue weighted by atomic mass is 16.4. The van der Waals surface area contributed by atoms with Gasteiger partial charge in [-0.05, 0) is 55.8 Å². The Balaban J connectivity index is 1.94. The number of carbonyl (C=O) groups excluding carboxylic acids is 2. The summed E-state index contributed by atoms with van der Waals surface area (Å²) in [6.07, 6.45) is 1.58. The molecular weight excluding hydrogens is 360 g/mol. The zero-order valence-electron chi connectivity index (χ0n) is 16.2. The molecule has 3 amide bonds. The van der Waals surface area contributed by atoms with Crippen molar-refractivity contribution in [3.63, 3.8) is 0 Å². The Morgan fingerprint density at radius 2 is 1.82 bits per heavy atom. The van der Waals surface area contributed by atoms with Crippen molar-refractivity contribution in [2.24, 2.45) is 0 Å². The SMILES string of the molecule is Cc1cc(/C=C2/NC(=O)N(CC(=O)O)C2=O)c(C)n1-c1ccc(N(C)C)cc1. The molecule has 3 rings (SSSR count). The molecule has 0 spiro atoms. The van der Waals surface area contributed by atoms with E-state index in [1.165, 1.54) is 0 Å². The van der Waals surface area contributed by atoms with Crippen molar-refractivity contribution >= 4 is 29.7 Å². The van der Waals surface area contributed by atoms with Crippen LogP contribution in [0.3, 0.4) is 0 Å². The summed E-state index contributed by atoms with van der Waals surface area (Å²) in [6.45, 7) is 3.22. The van der Waals surface area contributed by atoms with Crippen LogP contribution in [0.5, 0.6) is 0 Å². The van der Waals surface area contributed by atoms with Gasteiger partial charge in [-0.3, -0.25) is 9.59 Å². The lowest BCUT2D eigenvalue weighted by molar-refractivity contribution is -0.140. The Morgan fingerprint density at radius 3 is 2.39 bits per heavy atom. The monoisotopic (exact) mass is 382 g/mol. The van der Waals surface area contributed by atoms with E-state index in [9.17, 15) is 14.4 Å². The summed E-state index contributed by atoms with van der Waals surface area (Å²) in [5.74, 6) is -1.89. The maximum Gasteiger partial charge on any atom is 0.329 e. The van der Waals surface area contributed by atoms with Crippen molar-refractivity contribution in [2.75, 3.05) is 25.5 Å². The number of aromatic nitrogens is 1. The van der Waals surface area contributed by atoms with Crippen LogP contribution in [0.25, 0.3) is 11.8 Å². The Hall–Kier alpha value is -3.55. The second-order valence-electron chi connectivity index (χ2n) is 6.85. The molecule has 0 atom stereocenters. The van der Waals surface area contributed by atoms with Gasteiger partial charge in [0.15, 0.2) is 0 Å². The van der Waals surface area contributed by atoms with E-state index < -0.39 is 24.5 Å². The van der Waals surface area contributed by atoms with Crippen LogP contribution in [-0.4, -0.2) is 53.1 Å². The Morgan fingerprint density at radius 1 is 1.18 bits per heavy atom. The summed E-state index contributed by atoms with van der Waals surface area (Å²) in [5.41, 5.74) is 4.79. The number of aliphatic carboxylic acids is 1. The predicted molar refractivity (Wildman–Crippen MR) is 105 cm³/mol. The molecule has 8 heteroatoms. The first-order chi connectivity index (χ1) is 13.2. The van der Waals surface area contributed by atoms with Gasteiger partial charge >= 0.3 is 12.0 Å². The molecule has 0 radical (unpaired) electrons. The van der Waals surface area contributed by atoms with Crippen LogP contribution in [0.4, 0.5) is 10.5 Å². The summed E-state index contributed by atoms with van der Waals surface area (Å²) in [6, 6.07) is 9.27. The molecule has 2 heterocycles. The molecule has 28 heavy (non-hydrogen) atoms. The minimum Gasteiger partial charge on any atom is -0.480 e. The zero-order chi connectivity index (χ0) is 20.6. The van der Waals surface area contributed by atoms with E-state index >= 15 is 0 Å². The fourth-order valence-corrected chi connectivity index (χ4v) is 3.24. The first kappa shape index (κ1) is 19.2. The lowest BCUT2D eigenvalue weighted by Crippen LogP contribution is -2.35. The maximum atomic E-state index is 12.3. The van der Waals surface area contributed by atoms with Gasteiger partial charge < -0.3 is 19.9 Å². The van der Waals surface area contributed by atoms with Gasteiger partial charge in [0.05, 0.1) is 0 Å². The molecule has 1 aromatic heterocycles. The van der Waals surface area contributed by atoms with Crippen molar-refractivity contribution in [3.05, 3.63) is 53.0 Å². The molecular formula is C20H22N4O4. The number of carboxylic acid groups (broad SMARTS) is 1. The Bertz CT molecular complexity index is 986. The van der Waals surface area contributed by atoms with Crippen LogP contribution >= 0.6 is 0 Å². The van der Waals surface area contributed by atoms with Gasteiger partial charge in [0, 0.05) is 36.9 Å². The third-order valence-corrected chi connectivity index (χ3v) is 4.65. The molecule has 0 aliphatic carbocycles. The number of aryl methyl sites for hydroxylation is 1. The van der Waals surface area contributed by atoms with E-state index in [1.807, 2.05) is 63.2 Å². The van der Waals surface area contributed by atoms with E-state index in [-0.39, 0.29) is 5.70 Å². The number of nitrogens with zero attached hydrogens (tertiary/aromatic N) is 3. The minimum absolute atomic E-state index is 0.0643. The molecule has 1 saturated heterocycles. The number of hydrogen-bond donors (Lipinski definition) is 2. The van der Waals surface area contributed by atoms with Crippen molar-refractivity contribution in [1.82, 2.24) is 14.8 Å². The molecule has 146 valence electrons. The van der Waals surface area contributed by atoms with Gasteiger partial charge in [-0.25, -0.2) is 9.69 Å². The first-order valence-electron chi connectivity index (χ1n) is 8.72. The van der Waals surface area contributed by atoms with Crippen molar-refractivity contribution < 1.29 is 19.5 Å². The number of carbonyl (C=O) groups is 3. The standard InChI is InChI=1S/C20H22N4O4/c1-12-9-14(10-17-19(27)23(11-18(25)26)20(28)21-17)13(2)24(12)16-7-5-15(6-8-16)22(3)4/h5-10H,11H2,1-4H3,(H,21,28)(H,25,26)/b17-10+. The van der Waals surface area contributed by atoms with Gasteiger partial charge in [0.2, 0.25) is 0 Å².